The summed E-state index contributed by atoms with van der Waals surface area (Å²) in [4.78, 5) is 17.7. The van der Waals surface area contributed by atoms with Gasteiger partial charge < -0.3 is 4.57 Å². The summed E-state index contributed by atoms with van der Waals surface area (Å²) >= 11 is 1.27. The third-order valence-corrected chi connectivity index (χ3v) is 6.12. The third-order valence-electron chi connectivity index (χ3n) is 3.97. The molecule has 9 heteroatoms. The van der Waals surface area contributed by atoms with Gasteiger partial charge in [0.2, 0.25) is 0 Å². The van der Waals surface area contributed by atoms with E-state index in [1.807, 2.05) is 18.4 Å². The first-order chi connectivity index (χ1) is 12.7. The Morgan fingerprint density at radius 2 is 2.11 bits per heavy atom. The zero-order valence-electron chi connectivity index (χ0n) is 15.3. The number of carbonyl (C=O) groups is 1. The molecule has 0 aliphatic heterocycles. The van der Waals surface area contributed by atoms with Crippen molar-refractivity contribution in [2.24, 2.45) is 4.99 Å². The molecule has 0 spiro atoms. The molecule has 2 heterocycles. The van der Waals surface area contributed by atoms with Gasteiger partial charge in [-0.2, -0.15) is 10.1 Å². The Labute approximate surface area is 161 Å². The van der Waals surface area contributed by atoms with E-state index in [9.17, 15) is 13.2 Å². The average molecular weight is 405 g/mol. The molecule has 0 bridgehead atoms. The zero-order chi connectivity index (χ0) is 19.8. The molecule has 3 rings (SSSR count). The maximum atomic E-state index is 12.7. The van der Waals surface area contributed by atoms with E-state index in [1.54, 1.807) is 41.2 Å². The molecule has 1 aromatic carbocycles. The van der Waals surface area contributed by atoms with E-state index in [4.69, 9.17) is 0 Å². The normalized spacial score (nSPS) is 12.8. The fourth-order valence-corrected chi connectivity index (χ4v) is 4.51. The number of thiazole rings is 1. The molecule has 3 aromatic rings. The van der Waals surface area contributed by atoms with Gasteiger partial charge in [-0.25, -0.2) is 8.42 Å². The van der Waals surface area contributed by atoms with Crippen LogP contribution in [0.25, 0.3) is 10.2 Å². The van der Waals surface area contributed by atoms with Crippen LogP contribution >= 0.6 is 11.3 Å². The summed E-state index contributed by atoms with van der Waals surface area (Å²) in [7, 11) is -3.32. The van der Waals surface area contributed by atoms with E-state index in [2.05, 4.69) is 16.7 Å². The Kier molecular flexibility index (Phi) is 5.16. The maximum absolute atomic E-state index is 12.7. The van der Waals surface area contributed by atoms with Crippen LogP contribution in [0.2, 0.25) is 0 Å². The number of amides is 1. The van der Waals surface area contributed by atoms with E-state index >= 15 is 0 Å². The molecule has 0 N–H and O–H groups in total. The minimum atomic E-state index is -3.32. The van der Waals surface area contributed by atoms with Crippen LogP contribution in [0.4, 0.5) is 0 Å². The monoisotopic (exact) mass is 404 g/mol. The Bertz CT molecular complexity index is 1200. The lowest BCUT2D eigenvalue weighted by molar-refractivity contribution is 0.0986. The van der Waals surface area contributed by atoms with Crippen molar-refractivity contribution in [2.45, 2.75) is 31.3 Å². The minimum Gasteiger partial charge on any atom is -0.312 e. The summed E-state index contributed by atoms with van der Waals surface area (Å²) in [5, 5.41) is 4.17. The lowest BCUT2D eigenvalue weighted by atomic mass is 10.3. The van der Waals surface area contributed by atoms with Gasteiger partial charge in [-0.1, -0.05) is 17.4 Å². The van der Waals surface area contributed by atoms with Crippen LogP contribution in [0.5, 0.6) is 0 Å². The summed E-state index contributed by atoms with van der Waals surface area (Å²) in [6.07, 6.45) is 4.45. The highest BCUT2D eigenvalue weighted by atomic mass is 32.2. The molecule has 1 amide bonds. The first kappa shape index (κ1) is 19.2. The molecule has 27 heavy (non-hydrogen) atoms. The second-order valence-electron chi connectivity index (χ2n) is 6.36. The number of allylic oxidation sites excluding steroid dienone is 1. The number of sulfone groups is 1. The van der Waals surface area contributed by atoms with E-state index in [0.29, 0.717) is 17.0 Å². The van der Waals surface area contributed by atoms with E-state index in [-0.39, 0.29) is 10.9 Å². The predicted molar refractivity (Wildman–Crippen MR) is 106 cm³/mol. The van der Waals surface area contributed by atoms with Gasteiger partial charge in [0.15, 0.2) is 14.6 Å². The Morgan fingerprint density at radius 1 is 1.37 bits per heavy atom. The minimum absolute atomic E-state index is 0.0363. The number of hydrogen-bond donors (Lipinski definition) is 0. The quantitative estimate of drug-likeness (QED) is 0.612. The topological polar surface area (TPSA) is 86.3 Å². The highest BCUT2D eigenvalue weighted by Gasteiger charge is 2.15. The summed E-state index contributed by atoms with van der Waals surface area (Å²) in [5.41, 5.74) is 1.21. The van der Waals surface area contributed by atoms with Crippen LogP contribution in [0.3, 0.4) is 0 Å². The van der Waals surface area contributed by atoms with E-state index < -0.39 is 15.7 Å². The van der Waals surface area contributed by atoms with Gasteiger partial charge in [0.05, 0.1) is 15.1 Å². The van der Waals surface area contributed by atoms with Crippen molar-refractivity contribution in [1.82, 2.24) is 14.3 Å². The SMILES string of the molecule is C=CCn1c(=NC(=O)c2ccnn2C(C)C)sc2cc(S(C)(=O)=O)ccc21. The molecule has 0 radical (unpaired) electrons. The van der Waals surface area contributed by atoms with Crippen LogP contribution in [-0.4, -0.2) is 34.9 Å². The van der Waals surface area contributed by atoms with E-state index in [0.717, 1.165) is 10.2 Å². The lowest BCUT2D eigenvalue weighted by Gasteiger charge is -2.07. The molecule has 7 nitrogen and oxygen atoms in total. The highest BCUT2D eigenvalue weighted by Crippen LogP contribution is 2.22. The molecule has 0 saturated carbocycles. The van der Waals surface area contributed by atoms with Crippen molar-refractivity contribution in [3.63, 3.8) is 0 Å². The van der Waals surface area contributed by atoms with Crippen molar-refractivity contribution in [3.8, 4) is 0 Å². The molecule has 0 saturated heterocycles. The zero-order valence-corrected chi connectivity index (χ0v) is 16.9. The number of benzene rings is 1. The molecule has 0 atom stereocenters. The maximum Gasteiger partial charge on any atom is 0.297 e. The number of hydrogen-bond acceptors (Lipinski definition) is 5. The fraction of sp³-hybridized carbons (Fsp3) is 0.278. The number of fused-ring (bicyclic) bond motifs is 1. The standard InChI is InChI=1S/C18H20N4O3S2/c1-5-10-21-14-7-6-13(27(4,24)25)11-16(14)26-18(21)20-17(23)15-8-9-19-22(15)12(2)3/h5-9,11-12H,1,10H2,2-4H3. The third kappa shape index (κ3) is 3.79. The average Bonchev–Trinajstić information content (AvgIpc) is 3.19. The van der Waals surface area contributed by atoms with Crippen molar-refractivity contribution >= 4 is 37.3 Å². The van der Waals surface area contributed by atoms with Gasteiger partial charge in [-0.3, -0.25) is 9.48 Å². The van der Waals surface area contributed by atoms with Crippen LogP contribution in [-0.2, 0) is 16.4 Å². The van der Waals surface area contributed by atoms with Gasteiger partial charge in [0, 0.05) is 25.0 Å². The molecular weight excluding hydrogens is 384 g/mol. The number of carbonyl (C=O) groups excluding carboxylic acids is 1. The fourth-order valence-electron chi connectivity index (χ4n) is 2.71. The smallest absolute Gasteiger partial charge is 0.297 e. The van der Waals surface area contributed by atoms with Crippen molar-refractivity contribution in [1.29, 1.82) is 0 Å². The van der Waals surface area contributed by atoms with Crippen molar-refractivity contribution in [3.05, 3.63) is 53.6 Å². The number of rotatable bonds is 5. The van der Waals surface area contributed by atoms with Gasteiger partial charge in [-0.15, -0.1) is 6.58 Å². The second-order valence-corrected chi connectivity index (χ2v) is 9.38. The first-order valence-corrected chi connectivity index (χ1v) is 11.0. The van der Waals surface area contributed by atoms with Gasteiger partial charge >= 0.3 is 0 Å². The molecule has 0 fully saturated rings. The Balaban J connectivity index is 2.18. The van der Waals surface area contributed by atoms with Gasteiger partial charge in [-0.05, 0) is 38.1 Å². The Hall–Kier alpha value is -2.52. The largest absolute Gasteiger partial charge is 0.312 e. The highest BCUT2D eigenvalue weighted by molar-refractivity contribution is 7.90. The van der Waals surface area contributed by atoms with Crippen molar-refractivity contribution in [2.75, 3.05) is 6.26 Å². The van der Waals surface area contributed by atoms with Crippen molar-refractivity contribution < 1.29 is 13.2 Å². The van der Waals surface area contributed by atoms with Crippen LogP contribution in [0.15, 0.2) is 53.0 Å². The molecule has 2 aromatic heterocycles. The predicted octanol–water partition coefficient (Wildman–Crippen LogP) is 2.81. The number of aromatic nitrogens is 3. The van der Waals surface area contributed by atoms with Gasteiger partial charge in [0.25, 0.3) is 5.91 Å². The lowest BCUT2D eigenvalue weighted by Crippen LogP contribution is -2.18. The molecular formula is C18H20N4O3S2. The Morgan fingerprint density at radius 3 is 2.74 bits per heavy atom. The molecule has 0 aliphatic rings. The molecule has 142 valence electrons. The van der Waals surface area contributed by atoms with Crippen LogP contribution < -0.4 is 4.80 Å². The molecule has 0 unspecified atom stereocenters. The van der Waals surface area contributed by atoms with Crippen LogP contribution in [0.1, 0.15) is 30.4 Å². The summed E-state index contributed by atoms with van der Waals surface area (Å²) in [6, 6.07) is 6.57. The summed E-state index contributed by atoms with van der Waals surface area (Å²) < 4.78 is 27.8. The first-order valence-electron chi connectivity index (χ1n) is 8.29. The molecule has 0 aliphatic carbocycles. The summed E-state index contributed by atoms with van der Waals surface area (Å²) in [5.74, 6) is -0.395. The number of nitrogens with zero attached hydrogens (tertiary/aromatic N) is 4. The second kappa shape index (κ2) is 7.24. The van der Waals surface area contributed by atoms with E-state index in [1.165, 1.54) is 17.6 Å². The summed E-state index contributed by atoms with van der Waals surface area (Å²) in [6.45, 7) is 8.08. The van der Waals surface area contributed by atoms with Crippen LogP contribution in [0, 0.1) is 0 Å². The van der Waals surface area contributed by atoms with Gasteiger partial charge in [0.1, 0.15) is 5.69 Å².